The molecule has 0 saturated heterocycles. The highest BCUT2D eigenvalue weighted by atomic mass is 16.6. The second kappa shape index (κ2) is 17.9. The molecule has 0 saturated carbocycles. The Morgan fingerprint density at radius 3 is 1.40 bits per heavy atom. The van der Waals surface area contributed by atoms with Gasteiger partial charge in [0.15, 0.2) is 0 Å². The van der Waals surface area contributed by atoms with Gasteiger partial charge < -0.3 is 29.2 Å². The molecule has 0 fully saturated rings. The molecule has 0 spiro atoms. The predicted molar refractivity (Wildman–Crippen MR) is 153 cm³/mol. The van der Waals surface area contributed by atoms with E-state index in [1.54, 1.807) is 32.9 Å². The van der Waals surface area contributed by atoms with Gasteiger partial charge in [-0.05, 0) is 51.0 Å². The van der Waals surface area contributed by atoms with Crippen molar-refractivity contribution in [3.05, 3.63) is 70.8 Å². The summed E-state index contributed by atoms with van der Waals surface area (Å²) in [6.45, 7) is 8.67. The lowest BCUT2D eigenvalue weighted by Crippen LogP contribution is -2.27. The van der Waals surface area contributed by atoms with Crippen molar-refractivity contribution in [3.8, 4) is 0 Å². The SMILES string of the molecule is CCC(C)(C)C(=O)OCCOC(=O)c1ccccc1C(=O)O.CCC(C)C(=O)OCCOC(=O)c1ccccc1C(=O)O. The fourth-order valence-electron chi connectivity index (χ4n) is 3.04. The Kier molecular flexibility index (Phi) is 15.1. The molecule has 0 amide bonds. The molecule has 43 heavy (non-hydrogen) atoms. The monoisotopic (exact) mass is 602 g/mol. The van der Waals surface area contributed by atoms with Gasteiger partial charge in [-0.15, -0.1) is 0 Å². The van der Waals surface area contributed by atoms with Crippen LogP contribution in [0, 0.1) is 11.3 Å². The van der Waals surface area contributed by atoms with Crippen LogP contribution in [0.1, 0.15) is 88.9 Å². The van der Waals surface area contributed by atoms with E-state index in [4.69, 9.17) is 29.2 Å². The number of aromatic carboxylic acids is 2. The van der Waals surface area contributed by atoms with E-state index in [0.29, 0.717) is 12.8 Å². The van der Waals surface area contributed by atoms with E-state index in [1.165, 1.54) is 36.4 Å². The number of hydrogen-bond donors (Lipinski definition) is 2. The van der Waals surface area contributed by atoms with Crippen LogP contribution in [0.2, 0.25) is 0 Å². The van der Waals surface area contributed by atoms with Gasteiger partial charge in [0.1, 0.15) is 26.4 Å². The average Bonchev–Trinajstić information content (AvgIpc) is 3.00. The number of carbonyl (C=O) groups is 6. The summed E-state index contributed by atoms with van der Waals surface area (Å²) in [6, 6.07) is 11.5. The highest BCUT2D eigenvalue weighted by molar-refractivity contribution is 6.03. The number of carboxylic acids is 2. The van der Waals surface area contributed by atoms with Crippen LogP contribution in [-0.2, 0) is 28.5 Å². The maximum Gasteiger partial charge on any atom is 0.339 e. The molecule has 2 rings (SSSR count). The third-order valence-electron chi connectivity index (χ3n) is 6.32. The van der Waals surface area contributed by atoms with Crippen molar-refractivity contribution in [1.29, 1.82) is 0 Å². The van der Waals surface area contributed by atoms with Gasteiger partial charge in [0, 0.05) is 0 Å². The average molecular weight is 603 g/mol. The smallest absolute Gasteiger partial charge is 0.339 e. The van der Waals surface area contributed by atoms with E-state index in [9.17, 15) is 28.8 Å². The van der Waals surface area contributed by atoms with Crippen LogP contribution in [0.5, 0.6) is 0 Å². The lowest BCUT2D eigenvalue weighted by Gasteiger charge is -2.20. The first-order valence-electron chi connectivity index (χ1n) is 13.6. The van der Waals surface area contributed by atoms with E-state index in [-0.39, 0.29) is 66.5 Å². The predicted octanol–water partition coefficient (Wildman–Crippen LogP) is 4.65. The zero-order valence-corrected chi connectivity index (χ0v) is 24.9. The first kappa shape index (κ1) is 36.3. The number of rotatable bonds is 14. The Labute approximate surface area is 249 Å². The van der Waals surface area contributed by atoms with Gasteiger partial charge in [-0.2, -0.15) is 0 Å². The molecule has 1 unspecified atom stereocenters. The highest BCUT2D eigenvalue weighted by Gasteiger charge is 2.27. The van der Waals surface area contributed by atoms with Gasteiger partial charge in [0.25, 0.3) is 0 Å². The summed E-state index contributed by atoms with van der Waals surface area (Å²) in [4.78, 5) is 68.7. The summed E-state index contributed by atoms with van der Waals surface area (Å²) in [7, 11) is 0. The molecular weight excluding hydrogens is 564 g/mol. The lowest BCUT2D eigenvalue weighted by atomic mass is 9.91. The van der Waals surface area contributed by atoms with Crippen molar-refractivity contribution in [2.75, 3.05) is 26.4 Å². The van der Waals surface area contributed by atoms with Crippen LogP contribution < -0.4 is 0 Å². The molecule has 0 aliphatic rings. The molecule has 0 heterocycles. The third-order valence-corrected chi connectivity index (χ3v) is 6.32. The molecule has 12 nitrogen and oxygen atoms in total. The van der Waals surface area contributed by atoms with Crippen molar-refractivity contribution in [3.63, 3.8) is 0 Å². The summed E-state index contributed by atoms with van der Waals surface area (Å²) in [6.07, 6.45) is 1.31. The zero-order chi connectivity index (χ0) is 32.6. The van der Waals surface area contributed by atoms with Gasteiger partial charge in [0.05, 0.1) is 33.6 Å². The van der Waals surface area contributed by atoms with Gasteiger partial charge in [0.2, 0.25) is 0 Å². The molecule has 0 radical (unpaired) electrons. The largest absolute Gasteiger partial charge is 0.478 e. The Hall–Kier alpha value is -4.74. The van der Waals surface area contributed by atoms with Crippen LogP contribution in [0.25, 0.3) is 0 Å². The van der Waals surface area contributed by atoms with E-state index in [2.05, 4.69) is 0 Å². The zero-order valence-electron chi connectivity index (χ0n) is 24.9. The van der Waals surface area contributed by atoms with Gasteiger partial charge in [-0.1, -0.05) is 45.0 Å². The molecule has 2 N–H and O–H groups in total. The van der Waals surface area contributed by atoms with E-state index < -0.39 is 29.3 Å². The van der Waals surface area contributed by atoms with Crippen molar-refractivity contribution in [2.45, 2.75) is 47.5 Å². The maximum absolute atomic E-state index is 11.8. The Balaban J connectivity index is 0.000000430. The molecule has 0 aromatic heterocycles. The number of ether oxygens (including phenoxy) is 4. The lowest BCUT2D eigenvalue weighted by molar-refractivity contribution is -0.155. The van der Waals surface area contributed by atoms with Crippen LogP contribution >= 0.6 is 0 Å². The van der Waals surface area contributed by atoms with Crippen LogP contribution in [-0.4, -0.2) is 72.5 Å². The number of hydrogen-bond acceptors (Lipinski definition) is 10. The Morgan fingerprint density at radius 2 is 1.02 bits per heavy atom. The second-order valence-electron chi connectivity index (χ2n) is 9.82. The normalized spacial score (nSPS) is 11.2. The van der Waals surface area contributed by atoms with Gasteiger partial charge in [-0.25, -0.2) is 19.2 Å². The van der Waals surface area contributed by atoms with E-state index >= 15 is 0 Å². The molecule has 0 aliphatic heterocycles. The number of esters is 4. The van der Waals surface area contributed by atoms with Crippen molar-refractivity contribution < 1.29 is 57.9 Å². The quantitative estimate of drug-likeness (QED) is 0.174. The number of carbonyl (C=O) groups excluding carboxylic acids is 4. The van der Waals surface area contributed by atoms with Gasteiger partial charge >= 0.3 is 35.8 Å². The fraction of sp³-hybridized carbons (Fsp3) is 0.419. The highest BCUT2D eigenvalue weighted by Crippen LogP contribution is 2.21. The second-order valence-corrected chi connectivity index (χ2v) is 9.82. The third kappa shape index (κ3) is 12.0. The van der Waals surface area contributed by atoms with Crippen LogP contribution in [0.4, 0.5) is 0 Å². The Bertz CT molecular complexity index is 1280. The molecule has 12 heteroatoms. The summed E-state index contributed by atoms with van der Waals surface area (Å²) < 4.78 is 19.8. The summed E-state index contributed by atoms with van der Waals surface area (Å²) >= 11 is 0. The summed E-state index contributed by atoms with van der Waals surface area (Å²) in [5, 5.41) is 18.0. The molecular formula is C31H38O12. The number of carboxylic acid groups (broad SMARTS) is 2. The standard InChI is InChI=1S/C16H20O6.C15H18O6/c1-4-16(2,3)15(20)22-10-9-21-14(19)12-8-6-5-7-11(12)13(17)18;1-3-10(2)14(18)20-8-9-21-15(19)12-7-5-4-6-11(12)13(16)17/h5-8H,4,9-10H2,1-3H3,(H,17,18);4-7,10H,3,8-9H2,1-2H3,(H,16,17). The van der Waals surface area contributed by atoms with E-state index in [0.717, 1.165) is 0 Å². The molecule has 0 bridgehead atoms. The van der Waals surface area contributed by atoms with E-state index in [1.807, 2.05) is 13.8 Å². The minimum absolute atomic E-state index is 0.0294. The molecule has 0 aliphatic carbocycles. The summed E-state index contributed by atoms with van der Waals surface area (Å²) in [5.41, 5.74) is -0.899. The molecule has 2 aromatic rings. The van der Waals surface area contributed by atoms with Crippen LogP contribution in [0.15, 0.2) is 48.5 Å². The summed E-state index contributed by atoms with van der Waals surface area (Å²) in [5.74, 6) is -4.84. The maximum atomic E-state index is 11.8. The molecule has 234 valence electrons. The Morgan fingerprint density at radius 1 is 0.651 bits per heavy atom. The van der Waals surface area contributed by atoms with Crippen molar-refractivity contribution >= 4 is 35.8 Å². The van der Waals surface area contributed by atoms with Crippen LogP contribution in [0.3, 0.4) is 0 Å². The topological polar surface area (TPSA) is 180 Å². The molecule has 1 atom stereocenters. The number of benzene rings is 2. The minimum Gasteiger partial charge on any atom is -0.478 e. The first-order valence-corrected chi connectivity index (χ1v) is 13.6. The fourth-order valence-corrected chi connectivity index (χ4v) is 3.04. The molecule has 2 aromatic carbocycles. The minimum atomic E-state index is -1.20. The van der Waals surface area contributed by atoms with Gasteiger partial charge in [-0.3, -0.25) is 9.59 Å². The first-order chi connectivity index (χ1) is 20.3. The van der Waals surface area contributed by atoms with Crippen molar-refractivity contribution in [2.24, 2.45) is 11.3 Å². The van der Waals surface area contributed by atoms with Crippen molar-refractivity contribution in [1.82, 2.24) is 0 Å².